The molecule has 4 heterocycles. The molecule has 3 saturated heterocycles. The number of aromatic hydroxyl groups is 3. The fourth-order valence-electron chi connectivity index (χ4n) is 5.97. The third-order valence-corrected chi connectivity index (χ3v) is 8.90. The number of phenols is 3. The van der Waals surface area contributed by atoms with Crippen LogP contribution in [-0.2, 0) is 23.7 Å². The van der Waals surface area contributed by atoms with Crippen LogP contribution in [0.5, 0.6) is 23.0 Å². The van der Waals surface area contributed by atoms with E-state index in [1.165, 1.54) is 31.2 Å². The van der Waals surface area contributed by atoms with Gasteiger partial charge in [0, 0.05) is 17.7 Å². The summed E-state index contributed by atoms with van der Waals surface area (Å²) in [4.78, 5) is 14.0. The largest absolute Gasteiger partial charge is 0.508 e. The van der Waals surface area contributed by atoms with Crippen LogP contribution in [0.15, 0.2) is 45.6 Å². The van der Waals surface area contributed by atoms with Crippen molar-refractivity contribution in [1.29, 1.82) is 0 Å². The molecule has 2 aromatic carbocycles. The van der Waals surface area contributed by atoms with E-state index in [1.54, 1.807) is 0 Å². The molecule has 3 fully saturated rings. The second-order valence-corrected chi connectivity index (χ2v) is 12.5. The molecule has 3 aliphatic heterocycles. The van der Waals surface area contributed by atoms with Crippen LogP contribution in [0.3, 0.4) is 0 Å². The number of aliphatic hydroxyl groups is 8. The van der Waals surface area contributed by atoms with Gasteiger partial charge in [0.15, 0.2) is 24.4 Å². The molecule has 0 bridgehead atoms. The molecule has 280 valence electrons. The minimum Gasteiger partial charge on any atom is -0.508 e. The number of fused-ring (bicyclic) bond motifs is 1. The van der Waals surface area contributed by atoms with Crippen LogP contribution < -0.4 is 10.2 Å². The van der Waals surface area contributed by atoms with Gasteiger partial charge in [-0.15, -0.1) is 0 Å². The monoisotopic (exact) mass is 726 g/mol. The lowest BCUT2D eigenvalue weighted by molar-refractivity contribution is -0.352. The van der Waals surface area contributed by atoms with Crippen LogP contribution in [0.1, 0.15) is 6.92 Å². The lowest BCUT2D eigenvalue weighted by Gasteiger charge is -2.45. The van der Waals surface area contributed by atoms with Crippen molar-refractivity contribution in [2.75, 3.05) is 13.2 Å². The first-order valence-electron chi connectivity index (χ1n) is 15.8. The summed E-state index contributed by atoms with van der Waals surface area (Å²) < 4.78 is 39.9. The predicted molar refractivity (Wildman–Crippen MR) is 165 cm³/mol. The Hall–Kier alpha value is -3.67. The molecule has 11 N–H and O–H groups in total. The first-order valence-corrected chi connectivity index (χ1v) is 15.8. The minimum absolute atomic E-state index is 0.139. The Balaban J connectivity index is 1.38. The SMILES string of the molecule is CC1O[C@@H](OCC2O[C@@H](Oc3c(-c4ccc(O)cc4)oc4cc(O)cc(O)c4c3=O)C(O[C@@H]3OC[C@@H](O)C(O)[C@H]3O)C(O)[C@@H]2O)C(O)[C@@H](O)[C@H]1O. The molecule has 0 amide bonds. The highest BCUT2D eigenvalue weighted by Gasteiger charge is 2.51. The Labute approximate surface area is 287 Å². The van der Waals surface area contributed by atoms with Crippen LogP contribution in [0.25, 0.3) is 22.3 Å². The Morgan fingerprint density at radius 3 is 2.14 bits per heavy atom. The molecular weight excluding hydrogens is 688 g/mol. The van der Waals surface area contributed by atoms with Gasteiger partial charge in [-0.05, 0) is 31.2 Å². The molecule has 6 rings (SSSR count). The van der Waals surface area contributed by atoms with Gasteiger partial charge in [-0.1, -0.05) is 0 Å². The van der Waals surface area contributed by atoms with Gasteiger partial charge in [-0.3, -0.25) is 4.79 Å². The average molecular weight is 727 g/mol. The highest BCUT2D eigenvalue weighted by atomic mass is 16.8. The third kappa shape index (κ3) is 7.22. The first-order chi connectivity index (χ1) is 24.2. The molecule has 0 saturated carbocycles. The Bertz CT molecular complexity index is 1730. The molecular formula is C32H38O19. The van der Waals surface area contributed by atoms with E-state index in [-0.39, 0.29) is 22.7 Å². The van der Waals surface area contributed by atoms with Crippen LogP contribution in [0, 0.1) is 0 Å². The van der Waals surface area contributed by atoms with Crippen LogP contribution >= 0.6 is 0 Å². The van der Waals surface area contributed by atoms with Crippen molar-refractivity contribution in [2.45, 2.75) is 92.9 Å². The molecule has 19 nitrogen and oxygen atoms in total. The Kier molecular flexibility index (Phi) is 10.7. The maximum atomic E-state index is 14.0. The second-order valence-electron chi connectivity index (χ2n) is 12.5. The van der Waals surface area contributed by atoms with Crippen molar-refractivity contribution in [2.24, 2.45) is 0 Å². The highest BCUT2D eigenvalue weighted by molar-refractivity contribution is 5.88. The summed E-state index contributed by atoms with van der Waals surface area (Å²) in [6.07, 6.45) is -23.4. The van der Waals surface area contributed by atoms with E-state index < -0.39 is 127 Å². The fourth-order valence-corrected chi connectivity index (χ4v) is 5.97. The summed E-state index contributed by atoms with van der Waals surface area (Å²) in [5.74, 6) is -2.27. The van der Waals surface area contributed by atoms with Gasteiger partial charge < -0.3 is 89.0 Å². The zero-order valence-electron chi connectivity index (χ0n) is 26.6. The number of hydrogen-bond acceptors (Lipinski definition) is 19. The van der Waals surface area contributed by atoms with E-state index in [2.05, 4.69) is 0 Å². The van der Waals surface area contributed by atoms with Gasteiger partial charge in [-0.25, -0.2) is 0 Å². The zero-order valence-corrected chi connectivity index (χ0v) is 26.6. The summed E-state index contributed by atoms with van der Waals surface area (Å²) in [5, 5.41) is 114. The van der Waals surface area contributed by atoms with Crippen molar-refractivity contribution in [3.05, 3.63) is 46.6 Å². The molecule has 3 aromatic rings. The van der Waals surface area contributed by atoms with E-state index in [4.69, 9.17) is 32.8 Å². The average Bonchev–Trinajstić information content (AvgIpc) is 3.09. The summed E-state index contributed by atoms with van der Waals surface area (Å²) in [7, 11) is 0. The quantitative estimate of drug-likeness (QED) is 0.111. The number of ether oxygens (including phenoxy) is 6. The Morgan fingerprint density at radius 1 is 0.745 bits per heavy atom. The second kappa shape index (κ2) is 14.8. The summed E-state index contributed by atoms with van der Waals surface area (Å²) >= 11 is 0. The number of aliphatic hydroxyl groups excluding tert-OH is 8. The van der Waals surface area contributed by atoms with Gasteiger partial charge >= 0.3 is 0 Å². The number of benzene rings is 2. The standard InChI is InChI=1S/C32H38O19/c1-10-19(37)23(41)26(44)30(47-10)46-9-17-21(39)24(42)29(51-31-25(43)20(38)15(36)8-45-31)32(49-17)50-28-22(40)18-14(35)6-13(34)7-16(18)48-27(28)11-2-4-12(33)5-3-11/h2-7,10,15,17,19-21,23-26,29-39,41-44H,8-9H2,1H3/t10?,15-,17?,19+,20?,21-,23+,24?,25-,26?,29?,30-,31+,32+/m1/s1. The fraction of sp³-hybridized carbons (Fsp3) is 0.531. The number of hydrogen-bond donors (Lipinski definition) is 11. The van der Waals surface area contributed by atoms with Crippen molar-refractivity contribution in [3.8, 4) is 34.3 Å². The number of rotatable bonds is 8. The van der Waals surface area contributed by atoms with Crippen LogP contribution in [0.2, 0.25) is 0 Å². The van der Waals surface area contributed by atoms with Gasteiger partial charge in [0.2, 0.25) is 17.5 Å². The molecule has 19 heteroatoms. The van der Waals surface area contributed by atoms with Crippen molar-refractivity contribution < 1.29 is 89.0 Å². The summed E-state index contributed by atoms with van der Waals surface area (Å²) in [6.45, 7) is 0.243. The molecule has 0 aliphatic carbocycles. The normalized spacial score (nSPS) is 37.4. The van der Waals surface area contributed by atoms with E-state index in [0.717, 1.165) is 12.1 Å². The van der Waals surface area contributed by atoms with Crippen molar-refractivity contribution in [3.63, 3.8) is 0 Å². The minimum atomic E-state index is -1.99. The Morgan fingerprint density at radius 2 is 1.43 bits per heavy atom. The molecule has 14 atom stereocenters. The maximum Gasteiger partial charge on any atom is 0.239 e. The smallest absolute Gasteiger partial charge is 0.239 e. The molecule has 1 aromatic heterocycles. The summed E-state index contributed by atoms with van der Waals surface area (Å²) in [6, 6.07) is 7.15. The maximum absolute atomic E-state index is 14.0. The van der Waals surface area contributed by atoms with E-state index in [0.29, 0.717) is 0 Å². The third-order valence-electron chi connectivity index (χ3n) is 8.90. The van der Waals surface area contributed by atoms with Gasteiger partial charge in [-0.2, -0.15) is 0 Å². The molecule has 51 heavy (non-hydrogen) atoms. The lowest BCUT2D eigenvalue weighted by atomic mass is 9.98. The molecule has 0 spiro atoms. The van der Waals surface area contributed by atoms with E-state index >= 15 is 0 Å². The molecule has 6 unspecified atom stereocenters. The molecule has 3 aliphatic rings. The van der Waals surface area contributed by atoms with Crippen LogP contribution in [-0.4, -0.2) is 155 Å². The molecule has 0 radical (unpaired) electrons. The van der Waals surface area contributed by atoms with Crippen molar-refractivity contribution in [1.82, 2.24) is 0 Å². The van der Waals surface area contributed by atoms with E-state index in [9.17, 15) is 61.0 Å². The van der Waals surface area contributed by atoms with Crippen LogP contribution in [0.4, 0.5) is 0 Å². The first kappa shape index (κ1) is 37.1. The van der Waals surface area contributed by atoms with Gasteiger partial charge in [0.25, 0.3) is 0 Å². The van der Waals surface area contributed by atoms with Gasteiger partial charge in [0.05, 0.1) is 19.3 Å². The topological polar surface area (TPSA) is 308 Å². The van der Waals surface area contributed by atoms with E-state index in [1.807, 2.05) is 0 Å². The lowest BCUT2D eigenvalue weighted by Crippen LogP contribution is -2.64. The predicted octanol–water partition coefficient (Wildman–Crippen LogP) is -2.93. The highest BCUT2D eigenvalue weighted by Crippen LogP contribution is 2.38. The summed E-state index contributed by atoms with van der Waals surface area (Å²) in [5.41, 5.74) is -1.15. The van der Waals surface area contributed by atoms with Gasteiger partial charge in [0.1, 0.15) is 83.2 Å². The van der Waals surface area contributed by atoms with Crippen molar-refractivity contribution >= 4 is 11.0 Å². The number of phenolic OH excluding ortho intramolecular Hbond substituents is 3. The zero-order chi connectivity index (χ0) is 36.9.